The van der Waals surface area contributed by atoms with Crippen LogP contribution in [0.5, 0.6) is 0 Å². The van der Waals surface area contributed by atoms with Crippen LogP contribution in [-0.2, 0) is 12.6 Å². The van der Waals surface area contributed by atoms with Crippen molar-refractivity contribution in [2.24, 2.45) is 0 Å². The van der Waals surface area contributed by atoms with Crippen LogP contribution in [0, 0.1) is 0 Å². The third-order valence-electron chi connectivity index (χ3n) is 0.871. The molecule has 0 unspecified atom stereocenters. The molecule has 0 aliphatic carbocycles. The molecule has 8 heavy (non-hydrogen) atoms. The van der Waals surface area contributed by atoms with Gasteiger partial charge in [0.05, 0.1) is 0 Å². The molecule has 0 heterocycles. The van der Waals surface area contributed by atoms with Gasteiger partial charge in [-0.1, -0.05) is 11.2 Å². The van der Waals surface area contributed by atoms with Crippen molar-refractivity contribution in [3.8, 4) is 0 Å². The van der Waals surface area contributed by atoms with Gasteiger partial charge in [0.2, 0.25) is 0 Å². The van der Waals surface area contributed by atoms with E-state index in [-0.39, 0.29) is 0 Å². The summed E-state index contributed by atoms with van der Waals surface area (Å²) in [6.45, 7) is 3.08. The van der Waals surface area contributed by atoms with Crippen LogP contribution in [0.4, 0.5) is 0 Å². The first-order chi connectivity index (χ1) is 3.68. The van der Waals surface area contributed by atoms with Crippen LogP contribution in [-0.4, -0.2) is 22.8 Å². The number of hydrogen-bond donors (Lipinski definition) is 0. The molecular weight excluding hydrogens is 138 g/mol. The Kier molecular flexibility index (Phi) is 4.09. The van der Waals surface area contributed by atoms with E-state index in [0.29, 0.717) is 4.32 Å². The van der Waals surface area contributed by atoms with Crippen LogP contribution in [0.15, 0.2) is 0 Å². The minimum Gasteiger partial charge on any atom is -0.411 e. The minimum atomic E-state index is 0.562. The summed E-state index contributed by atoms with van der Waals surface area (Å²) in [5.41, 5.74) is 0. The lowest BCUT2D eigenvalue weighted by Gasteiger charge is -2.21. The molecule has 0 aromatic rings. The molecule has 0 saturated carbocycles. The molecule has 0 bridgehead atoms. The average molecular weight is 148 g/mol. The highest BCUT2D eigenvalue weighted by molar-refractivity contribution is 8.00. The molecule has 0 fully saturated rings. The van der Waals surface area contributed by atoms with Crippen molar-refractivity contribution in [2.45, 2.75) is 13.3 Å². The Labute approximate surface area is 61.5 Å². The lowest BCUT2D eigenvalue weighted by atomic mass is 10.5. The van der Waals surface area contributed by atoms with Gasteiger partial charge in [0.15, 0.2) is 0 Å². The summed E-state index contributed by atoms with van der Waals surface area (Å²) >= 11 is 9.45. The topological polar surface area (TPSA) is 3.24 Å². The standard InChI is InChI=1S/C5H11NS2/c1-3-4-6(2)5(7)8/h3-4H2,1-2H3,(H,7,8)/p-1. The van der Waals surface area contributed by atoms with Gasteiger partial charge >= 0.3 is 0 Å². The highest BCUT2D eigenvalue weighted by Crippen LogP contribution is 1.86. The first-order valence-electron chi connectivity index (χ1n) is 2.60. The normalized spacial score (nSPS) is 8.75. The van der Waals surface area contributed by atoms with Crippen molar-refractivity contribution in [3.63, 3.8) is 0 Å². The Hall–Kier alpha value is 0.110. The molecule has 0 aliphatic heterocycles. The van der Waals surface area contributed by atoms with Crippen molar-refractivity contribution in [1.82, 2.24) is 4.90 Å². The number of hydrogen-bond acceptors (Lipinski definition) is 2. The molecule has 0 amide bonds. The quantitative estimate of drug-likeness (QED) is 0.427. The second-order valence-corrected chi connectivity index (χ2v) is 2.72. The zero-order chi connectivity index (χ0) is 6.57. The SMILES string of the molecule is CCCN(C)C(=S)[S-]. The maximum Gasteiger partial charge on any atom is 0.0156 e. The highest BCUT2D eigenvalue weighted by atomic mass is 32.1. The van der Waals surface area contributed by atoms with Crippen molar-refractivity contribution in [1.29, 1.82) is 0 Å². The van der Waals surface area contributed by atoms with Crippen LogP contribution in [0.2, 0.25) is 0 Å². The van der Waals surface area contributed by atoms with Gasteiger partial charge in [-0.15, -0.1) is 0 Å². The van der Waals surface area contributed by atoms with E-state index in [1.807, 2.05) is 11.9 Å². The van der Waals surface area contributed by atoms with E-state index in [4.69, 9.17) is 24.8 Å². The van der Waals surface area contributed by atoms with Gasteiger partial charge in [-0.2, -0.15) is 0 Å². The molecule has 0 aromatic carbocycles. The second kappa shape index (κ2) is 4.04. The Morgan fingerprint density at radius 3 is 2.38 bits per heavy atom. The zero-order valence-corrected chi connectivity index (χ0v) is 6.81. The van der Waals surface area contributed by atoms with E-state index in [1.54, 1.807) is 0 Å². The van der Waals surface area contributed by atoms with E-state index in [1.165, 1.54) is 0 Å². The smallest absolute Gasteiger partial charge is 0.0156 e. The molecule has 0 aromatic heterocycles. The fraction of sp³-hybridized carbons (Fsp3) is 0.800. The largest absolute Gasteiger partial charge is 0.411 e. The van der Waals surface area contributed by atoms with Crippen LogP contribution in [0.3, 0.4) is 0 Å². The monoisotopic (exact) mass is 148 g/mol. The summed E-state index contributed by atoms with van der Waals surface area (Å²) in [5, 5.41) is 0. The van der Waals surface area contributed by atoms with Crippen molar-refractivity contribution in [3.05, 3.63) is 0 Å². The van der Waals surface area contributed by atoms with Crippen LogP contribution < -0.4 is 0 Å². The summed E-state index contributed by atoms with van der Waals surface area (Å²) in [7, 11) is 1.92. The maximum absolute atomic E-state index is 4.72. The van der Waals surface area contributed by atoms with Crippen LogP contribution in [0.25, 0.3) is 0 Å². The predicted octanol–water partition coefficient (Wildman–Crippen LogP) is 1.16. The van der Waals surface area contributed by atoms with E-state index >= 15 is 0 Å². The zero-order valence-electron chi connectivity index (χ0n) is 5.18. The third-order valence-corrected chi connectivity index (χ3v) is 1.49. The summed E-state index contributed by atoms with van der Waals surface area (Å²) < 4.78 is 0.562. The van der Waals surface area contributed by atoms with Gasteiger partial charge in [-0.3, -0.25) is 0 Å². The molecule has 0 N–H and O–H groups in total. The van der Waals surface area contributed by atoms with E-state index in [9.17, 15) is 0 Å². The minimum absolute atomic E-state index is 0.562. The molecular formula is C5H10NS2-. The Balaban J connectivity index is 3.32. The lowest BCUT2D eigenvalue weighted by Crippen LogP contribution is -2.23. The van der Waals surface area contributed by atoms with Gasteiger partial charge in [-0.25, -0.2) is 0 Å². The molecule has 1 nitrogen and oxygen atoms in total. The molecule has 0 aliphatic rings. The number of rotatable bonds is 2. The van der Waals surface area contributed by atoms with Gasteiger partial charge in [0.25, 0.3) is 0 Å². The fourth-order valence-electron chi connectivity index (χ4n) is 0.427. The van der Waals surface area contributed by atoms with Crippen LogP contribution >= 0.6 is 12.2 Å². The summed E-state index contributed by atoms with van der Waals surface area (Å²) in [4.78, 5) is 1.89. The van der Waals surface area contributed by atoms with Crippen molar-refractivity contribution in [2.75, 3.05) is 13.6 Å². The van der Waals surface area contributed by atoms with Crippen LogP contribution in [0.1, 0.15) is 13.3 Å². The second-order valence-electron chi connectivity index (χ2n) is 1.69. The van der Waals surface area contributed by atoms with E-state index < -0.39 is 0 Å². The summed E-state index contributed by atoms with van der Waals surface area (Å²) in [6.07, 6.45) is 1.10. The molecule has 3 heteroatoms. The molecule has 0 rings (SSSR count). The Morgan fingerprint density at radius 2 is 2.25 bits per heavy atom. The maximum atomic E-state index is 4.72. The molecule has 0 saturated heterocycles. The van der Waals surface area contributed by atoms with Crippen molar-refractivity contribution >= 4 is 29.2 Å². The summed E-state index contributed by atoms with van der Waals surface area (Å²) in [6, 6.07) is 0. The Bertz CT molecular complexity index is 82.5. The molecule has 48 valence electrons. The molecule has 0 spiro atoms. The van der Waals surface area contributed by atoms with Gasteiger partial charge in [-0.05, 0) is 6.42 Å². The van der Waals surface area contributed by atoms with E-state index in [0.717, 1.165) is 13.0 Å². The predicted molar refractivity (Wildman–Crippen MR) is 42.9 cm³/mol. The first kappa shape index (κ1) is 8.11. The van der Waals surface area contributed by atoms with E-state index in [2.05, 4.69) is 6.92 Å². The van der Waals surface area contributed by atoms with Crippen molar-refractivity contribution < 1.29 is 0 Å². The third kappa shape index (κ3) is 3.16. The Morgan fingerprint density at radius 1 is 1.75 bits per heavy atom. The first-order valence-corrected chi connectivity index (χ1v) is 3.42. The average Bonchev–Trinajstić information content (AvgIpc) is 1.67. The van der Waals surface area contributed by atoms with Gasteiger partial charge in [0.1, 0.15) is 0 Å². The number of thiocarbonyl (C=S) groups is 1. The van der Waals surface area contributed by atoms with Gasteiger partial charge < -0.3 is 29.7 Å². The molecule has 0 atom stereocenters. The summed E-state index contributed by atoms with van der Waals surface area (Å²) in [5.74, 6) is 0. The lowest BCUT2D eigenvalue weighted by molar-refractivity contribution is 0.518. The highest BCUT2D eigenvalue weighted by Gasteiger charge is 1.86. The molecule has 0 radical (unpaired) electrons. The number of nitrogens with zero attached hydrogens (tertiary/aromatic N) is 1. The fourth-order valence-corrected chi connectivity index (χ4v) is 0.609. The van der Waals surface area contributed by atoms with Gasteiger partial charge in [0, 0.05) is 13.6 Å².